The Morgan fingerprint density at radius 2 is 1.59 bits per heavy atom. The third kappa shape index (κ3) is 10.2. The fourth-order valence-electron chi connectivity index (χ4n) is 8.84. The number of phosphoric ester groups is 1. The number of carbonyl (C=O) groups is 3. The number of hydrogen-bond donors (Lipinski definition) is 5. The summed E-state index contributed by atoms with van der Waals surface area (Å²) in [6.07, 6.45) is 5.24. The van der Waals surface area contributed by atoms with Crippen LogP contribution in [0.3, 0.4) is 0 Å². The summed E-state index contributed by atoms with van der Waals surface area (Å²) >= 11 is 0. The summed E-state index contributed by atoms with van der Waals surface area (Å²) in [5, 5.41) is 31.1. The second kappa shape index (κ2) is 19.2. The predicted molar refractivity (Wildman–Crippen MR) is 208 cm³/mol. The van der Waals surface area contributed by atoms with Gasteiger partial charge in [-0.25, -0.2) is 4.57 Å². The van der Waals surface area contributed by atoms with Crippen molar-refractivity contribution in [3.63, 3.8) is 0 Å². The zero-order chi connectivity index (χ0) is 40.6. The van der Waals surface area contributed by atoms with E-state index in [0.717, 1.165) is 64.2 Å². The standard InChI is InChI=1S/C41H59N2O12P/c1-4-6-22-51-56(50,52-23-7-5-2)55-26-9-11-27-25(24-26)8-10-29-28(27)20-21-41(3)30(29)12-17-35(41)54-37(47)19-15-33(45)32(44)14-18-36(46)53-34-16-13-31(42)39(48)38(34)40(43)49/h9,11,13,16,24,28-30,32-33,35,44-45,48H,4-8,10,12,14-15,17-23,42H2,1-3H3,(H2,43,49). The lowest BCUT2D eigenvalue weighted by Crippen LogP contribution is -2.45. The number of aromatic hydroxyl groups is 1. The molecule has 2 fully saturated rings. The Kier molecular flexibility index (Phi) is 14.9. The van der Waals surface area contributed by atoms with Gasteiger partial charge in [-0.05, 0) is 117 Å². The lowest BCUT2D eigenvalue weighted by atomic mass is 9.55. The van der Waals surface area contributed by atoms with E-state index in [-0.39, 0.29) is 48.6 Å². The number of nitrogens with two attached hydrogens (primary N) is 2. The first-order chi connectivity index (χ1) is 26.7. The van der Waals surface area contributed by atoms with Gasteiger partial charge < -0.3 is 40.8 Å². The van der Waals surface area contributed by atoms with E-state index in [1.165, 1.54) is 23.3 Å². The minimum atomic E-state index is -3.75. The number of esters is 2. The molecule has 2 saturated carbocycles. The third-order valence-electron chi connectivity index (χ3n) is 12.0. The molecule has 56 heavy (non-hydrogen) atoms. The second-order valence-electron chi connectivity index (χ2n) is 15.7. The summed E-state index contributed by atoms with van der Waals surface area (Å²) < 4.78 is 41.9. The lowest BCUT2D eigenvalue weighted by molar-refractivity contribution is -0.158. The first-order valence-corrected chi connectivity index (χ1v) is 21.5. The Morgan fingerprint density at radius 3 is 2.23 bits per heavy atom. The molecule has 0 aromatic heterocycles. The lowest BCUT2D eigenvalue weighted by Gasteiger charge is -2.50. The molecule has 310 valence electrons. The molecule has 3 aliphatic carbocycles. The Labute approximate surface area is 329 Å². The van der Waals surface area contributed by atoms with E-state index in [0.29, 0.717) is 36.7 Å². The van der Waals surface area contributed by atoms with Crippen molar-refractivity contribution in [2.24, 2.45) is 23.0 Å². The van der Waals surface area contributed by atoms with Crippen LogP contribution in [0.25, 0.3) is 0 Å². The van der Waals surface area contributed by atoms with Crippen LogP contribution < -0.4 is 20.7 Å². The number of phosphoric acid groups is 1. The van der Waals surface area contributed by atoms with Crippen LogP contribution in [0.15, 0.2) is 30.3 Å². The van der Waals surface area contributed by atoms with Crippen molar-refractivity contribution in [3.05, 3.63) is 47.0 Å². The van der Waals surface area contributed by atoms with Gasteiger partial charge in [0.25, 0.3) is 5.91 Å². The van der Waals surface area contributed by atoms with Crippen LogP contribution in [0.1, 0.15) is 132 Å². The van der Waals surface area contributed by atoms with Crippen LogP contribution in [0.5, 0.6) is 17.2 Å². The number of aliphatic hydroxyl groups excluding tert-OH is 2. The number of aryl methyl sites for hydroxylation is 1. The minimum absolute atomic E-state index is 0.0576. The van der Waals surface area contributed by atoms with E-state index in [2.05, 4.69) is 13.0 Å². The van der Waals surface area contributed by atoms with Crippen molar-refractivity contribution >= 4 is 31.4 Å². The van der Waals surface area contributed by atoms with E-state index >= 15 is 0 Å². The summed E-state index contributed by atoms with van der Waals surface area (Å²) in [7, 11) is -3.75. The molecule has 2 aromatic carbocycles. The molecule has 0 saturated heterocycles. The zero-order valence-electron chi connectivity index (χ0n) is 32.8. The summed E-state index contributed by atoms with van der Waals surface area (Å²) in [5.74, 6) is -1.51. The average molecular weight is 803 g/mol. The van der Waals surface area contributed by atoms with Crippen molar-refractivity contribution in [2.45, 2.75) is 135 Å². The number of ether oxygens (including phenoxy) is 2. The van der Waals surface area contributed by atoms with Gasteiger partial charge in [-0.1, -0.05) is 39.7 Å². The van der Waals surface area contributed by atoms with Gasteiger partial charge in [0, 0.05) is 18.3 Å². The summed E-state index contributed by atoms with van der Waals surface area (Å²) in [5.41, 5.74) is 12.6. The maximum absolute atomic E-state index is 13.5. The largest absolute Gasteiger partial charge is 0.530 e. The number of aliphatic hydroxyl groups is 2. The molecule has 1 amide bonds. The quantitative estimate of drug-likeness (QED) is 0.0231. The van der Waals surface area contributed by atoms with Gasteiger partial charge in [0.15, 0.2) is 5.75 Å². The second-order valence-corrected chi connectivity index (χ2v) is 17.3. The van der Waals surface area contributed by atoms with E-state index in [1.807, 2.05) is 26.0 Å². The van der Waals surface area contributed by atoms with E-state index in [4.69, 9.17) is 34.5 Å². The first-order valence-electron chi connectivity index (χ1n) is 20.1. The molecule has 0 aliphatic heterocycles. The van der Waals surface area contributed by atoms with Gasteiger partial charge in [-0.15, -0.1) is 0 Å². The Morgan fingerprint density at radius 1 is 0.929 bits per heavy atom. The number of benzene rings is 2. The highest BCUT2D eigenvalue weighted by atomic mass is 31.2. The number of anilines is 1. The van der Waals surface area contributed by atoms with Gasteiger partial charge in [-0.2, -0.15) is 0 Å². The number of nitrogen functional groups attached to an aromatic ring is 1. The molecular weight excluding hydrogens is 743 g/mol. The maximum atomic E-state index is 13.5. The fraction of sp³-hybridized carbons (Fsp3) is 0.634. The SMILES string of the molecule is CCCCOP(=O)(OCCCC)Oc1ccc2c(c1)CCC1C2CCC2(C)C(OC(=O)CCC(O)C(O)CCC(=O)Oc3ccc(N)c(O)c3C(N)=O)CCC12. The summed E-state index contributed by atoms with van der Waals surface area (Å²) in [6, 6.07) is 8.44. The number of rotatable bonds is 20. The smallest absolute Gasteiger partial charge is 0.505 e. The molecule has 5 rings (SSSR count). The van der Waals surface area contributed by atoms with E-state index in [1.54, 1.807) is 0 Å². The van der Waals surface area contributed by atoms with Crippen LogP contribution in [0.4, 0.5) is 5.69 Å². The number of phenols is 1. The van der Waals surface area contributed by atoms with Crippen LogP contribution >= 0.6 is 7.82 Å². The normalized spacial score (nSPS) is 23.9. The van der Waals surface area contributed by atoms with Crippen molar-refractivity contribution in [2.75, 3.05) is 18.9 Å². The Hall–Kier alpha value is -3.68. The molecule has 15 heteroatoms. The number of fused-ring (bicyclic) bond motifs is 5. The van der Waals surface area contributed by atoms with Crippen LogP contribution in [0, 0.1) is 17.3 Å². The number of unbranched alkanes of at least 4 members (excludes halogenated alkanes) is 2. The molecule has 0 bridgehead atoms. The molecule has 2 aromatic rings. The van der Waals surface area contributed by atoms with Gasteiger partial charge in [-0.3, -0.25) is 23.4 Å². The van der Waals surface area contributed by atoms with Crippen LogP contribution in [0.2, 0.25) is 0 Å². The molecule has 0 radical (unpaired) electrons. The van der Waals surface area contributed by atoms with Crippen LogP contribution in [-0.4, -0.2) is 64.7 Å². The highest BCUT2D eigenvalue weighted by Gasteiger charge is 2.56. The topological polar surface area (TPSA) is 227 Å². The third-order valence-corrected chi connectivity index (χ3v) is 13.4. The predicted octanol–water partition coefficient (Wildman–Crippen LogP) is 6.85. The first kappa shape index (κ1) is 43.4. The van der Waals surface area contributed by atoms with Gasteiger partial charge >= 0.3 is 19.8 Å². The van der Waals surface area contributed by atoms with E-state index in [9.17, 15) is 34.3 Å². The van der Waals surface area contributed by atoms with Crippen molar-refractivity contribution in [3.8, 4) is 17.2 Å². The van der Waals surface area contributed by atoms with Crippen molar-refractivity contribution in [1.29, 1.82) is 0 Å². The average Bonchev–Trinajstić information content (AvgIpc) is 3.49. The highest BCUT2D eigenvalue weighted by Crippen LogP contribution is 2.62. The van der Waals surface area contributed by atoms with Crippen molar-refractivity contribution < 1.29 is 57.3 Å². The Balaban J connectivity index is 1.10. The number of carbonyl (C=O) groups excluding carboxylic acids is 3. The van der Waals surface area contributed by atoms with Gasteiger partial charge in [0.05, 0.1) is 31.1 Å². The molecule has 0 heterocycles. The molecule has 7 N–H and O–H groups in total. The highest BCUT2D eigenvalue weighted by molar-refractivity contribution is 7.48. The molecule has 7 atom stereocenters. The van der Waals surface area contributed by atoms with Gasteiger partial charge in [0.1, 0.15) is 23.2 Å². The zero-order valence-corrected chi connectivity index (χ0v) is 33.7. The summed E-state index contributed by atoms with van der Waals surface area (Å²) in [4.78, 5) is 37.2. The monoisotopic (exact) mass is 802 g/mol. The molecule has 14 nitrogen and oxygen atoms in total. The fourth-order valence-corrected chi connectivity index (χ4v) is 10.1. The molecule has 0 spiro atoms. The maximum Gasteiger partial charge on any atom is 0.530 e. The number of primary amides is 1. The number of amides is 1. The van der Waals surface area contributed by atoms with Crippen LogP contribution in [-0.2, 0) is 34.4 Å². The molecular formula is C41H59N2O12P. The van der Waals surface area contributed by atoms with Gasteiger partial charge in [0.2, 0.25) is 0 Å². The minimum Gasteiger partial charge on any atom is -0.505 e. The molecule has 7 unspecified atom stereocenters. The Bertz CT molecular complexity index is 1740. The summed E-state index contributed by atoms with van der Waals surface area (Å²) in [6.45, 7) is 6.92. The molecule has 3 aliphatic rings. The van der Waals surface area contributed by atoms with E-state index < -0.39 is 49.2 Å². The van der Waals surface area contributed by atoms with Crippen molar-refractivity contribution in [1.82, 2.24) is 0 Å². The number of hydrogen-bond acceptors (Lipinski definition) is 13.